The van der Waals surface area contributed by atoms with Crippen LogP contribution in [0.5, 0.6) is 0 Å². The number of nitrogens with one attached hydrogen (secondary N) is 1. The molecule has 24 heavy (non-hydrogen) atoms. The molecule has 136 valence electrons. The van der Waals surface area contributed by atoms with Crippen LogP contribution < -0.4 is 5.32 Å². The van der Waals surface area contributed by atoms with Crippen molar-refractivity contribution in [1.82, 2.24) is 19.6 Å². The largest absolute Gasteiger partial charge is 0.392 e. The molecule has 1 atom stereocenters. The van der Waals surface area contributed by atoms with Crippen LogP contribution in [-0.2, 0) is 11.8 Å². The smallest absolute Gasteiger partial charge is 0.239 e. The number of likely N-dealkylation sites (tertiary alicyclic amines) is 1. The van der Waals surface area contributed by atoms with Gasteiger partial charge in [0.1, 0.15) is 5.82 Å². The Balaban J connectivity index is 1.70. The number of nitrogens with zero attached hydrogens (tertiary/aromatic N) is 4. The number of hydrogen-bond donors (Lipinski definition) is 2. The molecule has 0 spiro atoms. The maximum absolute atomic E-state index is 12.2. The Labute approximate surface area is 144 Å². The molecule has 1 aliphatic heterocycles. The average Bonchev–Trinajstić information content (AvgIpc) is 2.78. The molecule has 2 rings (SSSR count). The number of likely N-dealkylation sites (N-methyl/N-ethyl adjacent to an activating group) is 1. The van der Waals surface area contributed by atoms with E-state index in [1.165, 1.54) is 0 Å². The molecular formula is C17H31N5O2. The molecule has 1 amide bonds. The summed E-state index contributed by atoms with van der Waals surface area (Å²) < 4.78 is 1.69. The summed E-state index contributed by atoms with van der Waals surface area (Å²) in [5, 5.41) is 16.6. The number of aliphatic hydroxyl groups excluding tert-OH is 1. The molecule has 1 aliphatic rings. The van der Waals surface area contributed by atoms with E-state index < -0.39 is 0 Å². The highest BCUT2D eigenvalue weighted by molar-refractivity contribution is 5.91. The number of rotatable bonds is 7. The number of hydrogen-bond acceptors (Lipinski definition) is 5. The minimum absolute atomic E-state index is 0.00737. The van der Waals surface area contributed by atoms with Crippen molar-refractivity contribution in [3.8, 4) is 0 Å². The van der Waals surface area contributed by atoms with Gasteiger partial charge in [-0.1, -0.05) is 0 Å². The van der Waals surface area contributed by atoms with Crippen molar-refractivity contribution >= 4 is 11.7 Å². The summed E-state index contributed by atoms with van der Waals surface area (Å²) in [4.78, 5) is 16.6. The number of β-amino-alcohol motifs (C(OH)–C–C–N with tert-alkyl or cyclic N) is 1. The normalized spacial score (nSPS) is 18.1. The second-order valence-electron chi connectivity index (χ2n) is 7.13. The first kappa shape index (κ1) is 18.9. The summed E-state index contributed by atoms with van der Waals surface area (Å²) >= 11 is 0. The third kappa shape index (κ3) is 5.89. The van der Waals surface area contributed by atoms with Gasteiger partial charge in [0.2, 0.25) is 5.91 Å². The average molecular weight is 337 g/mol. The zero-order chi connectivity index (χ0) is 17.7. The summed E-state index contributed by atoms with van der Waals surface area (Å²) in [6, 6.07) is 1.87. The van der Waals surface area contributed by atoms with E-state index in [0.29, 0.717) is 12.5 Å². The van der Waals surface area contributed by atoms with Gasteiger partial charge in [-0.25, -0.2) is 0 Å². The first-order chi connectivity index (χ1) is 11.3. The standard InChI is InChI=1S/C17H31N5O2/c1-13-9-16(21(4)19-13)18-17(24)12-20(3)11-15-5-7-22(8-6-15)10-14(2)23/h9,14-15,23H,5-8,10-12H2,1-4H3,(H,18,24). The van der Waals surface area contributed by atoms with Crippen molar-refractivity contribution in [3.63, 3.8) is 0 Å². The highest BCUT2D eigenvalue weighted by Gasteiger charge is 2.21. The van der Waals surface area contributed by atoms with Crippen LogP contribution in [-0.4, -0.2) is 76.5 Å². The predicted octanol–water partition coefficient (Wildman–Crippen LogP) is 0.692. The molecule has 1 fully saturated rings. The van der Waals surface area contributed by atoms with Gasteiger partial charge in [0.15, 0.2) is 0 Å². The maximum Gasteiger partial charge on any atom is 0.239 e. The molecule has 0 bridgehead atoms. The van der Waals surface area contributed by atoms with Crippen molar-refractivity contribution in [2.24, 2.45) is 13.0 Å². The molecule has 2 N–H and O–H groups in total. The summed E-state index contributed by atoms with van der Waals surface area (Å²) in [5.74, 6) is 1.34. The van der Waals surface area contributed by atoms with E-state index in [-0.39, 0.29) is 12.0 Å². The molecule has 0 aliphatic carbocycles. The van der Waals surface area contributed by atoms with E-state index in [1.54, 1.807) is 4.68 Å². The van der Waals surface area contributed by atoms with Crippen LogP contribution in [0.1, 0.15) is 25.5 Å². The van der Waals surface area contributed by atoms with Crippen molar-refractivity contribution in [1.29, 1.82) is 0 Å². The number of anilines is 1. The molecule has 1 aromatic rings. The fourth-order valence-corrected chi connectivity index (χ4v) is 3.39. The van der Waals surface area contributed by atoms with Crippen LogP contribution in [0, 0.1) is 12.8 Å². The fraction of sp³-hybridized carbons (Fsp3) is 0.765. The summed E-state index contributed by atoms with van der Waals surface area (Å²) in [7, 11) is 3.82. The second-order valence-corrected chi connectivity index (χ2v) is 7.13. The summed E-state index contributed by atoms with van der Waals surface area (Å²) in [6.45, 7) is 7.88. The Bertz CT molecular complexity index is 535. The van der Waals surface area contributed by atoms with Crippen molar-refractivity contribution < 1.29 is 9.90 Å². The number of piperidine rings is 1. The molecule has 1 unspecified atom stereocenters. The van der Waals surface area contributed by atoms with E-state index >= 15 is 0 Å². The quantitative estimate of drug-likeness (QED) is 0.766. The number of amides is 1. The van der Waals surface area contributed by atoms with Crippen molar-refractivity contribution in [2.45, 2.75) is 32.8 Å². The predicted molar refractivity (Wildman–Crippen MR) is 94.9 cm³/mol. The molecule has 0 radical (unpaired) electrons. The van der Waals surface area contributed by atoms with Gasteiger partial charge in [-0.05, 0) is 52.7 Å². The van der Waals surface area contributed by atoms with Gasteiger partial charge >= 0.3 is 0 Å². The molecule has 2 heterocycles. The number of aliphatic hydroxyl groups is 1. The third-order valence-corrected chi connectivity index (χ3v) is 4.48. The highest BCUT2D eigenvalue weighted by Crippen LogP contribution is 2.18. The van der Waals surface area contributed by atoms with Gasteiger partial charge in [0.05, 0.1) is 18.3 Å². The molecule has 7 heteroatoms. The van der Waals surface area contributed by atoms with Crippen LogP contribution in [0.25, 0.3) is 0 Å². The Kier molecular flexibility index (Phi) is 6.77. The number of carbonyl (C=O) groups is 1. The van der Waals surface area contributed by atoms with E-state index in [4.69, 9.17) is 0 Å². The number of aryl methyl sites for hydroxylation is 2. The van der Waals surface area contributed by atoms with Gasteiger partial charge in [-0.3, -0.25) is 14.4 Å². The lowest BCUT2D eigenvalue weighted by molar-refractivity contribution is -0.117. The molecular weight excluding hydrogens is 306 g/mol. The zero-order valence-electron chi connectivity index (χ0n) is 15.3. The SMILES string of the molecule is Cc1cc(NC(=O)CN(C)CC2CCN(CC(C)O)CC2)n(C)n1. The van der Waals surface area contributed by atoms with Crippen LogP contribution in [0.3, 0.4) is 0 Å². The third-order valence-electron chi connectivity index (χ3n) is 4.48. The Morgan fingerprint density at radius 3 is 2.71 bits per heavy atom. The van der Waals surface area contributed by atoms with E-state index in [9.17, 15) is 9.90 Å². The lowest BCUT2D eigenvalue weighted by Gasteiger charge is -2.34. The van der Waals surface area contributed by atoms with Crippen molar-refractivity contribution in [2.75, 3.05) is 45.1 Å². The van der Waals surface area contributed by atoms with Crippen molar-refractivity contribution in [3.05, 3.63) is 11.8 Å². The summed E-state index contributed by atoms with van der Waals surface area (Å²) in [6.07, 6.45) is 1.99. The monoisotopic (exact) mass is 337 g/mol. The molecule has 1 aromatic heterocycles. The minimum atomic E-state index is -0.261. The highest BCUT2D eigenvalue weighted by atomic mass is 16.3. The topological polar surface area (TPSA) is 73.6 Å². The molecule has 1 saturated heterocycles. The van der Waals surface area contributed by atoms with Crippen LogP contribution in [0.15, 0.2) is 6.07 Å². The van der Waals surface area contributed by atoms with Gasteiger partial charge < -0.3 is 15.3 Å². The van der Waals surface area contributed by atoms with Crippen LogP contribution >= 0.6 is 0 Å². The lowest BCUT2D eigenvalue weighted by atomic mass is 9.96. The molecule has 0 aromatic carbocycles. The van der Waals surface area contributed by atoms with Gasteiger partial charge in [0, 0.05) is 26.2 Å². The minimum Gasteiger partial charge on any atom is -0.392 e. The Morgan fingerprint density at radius 1 is 1.50 bits per heavy atom. The number of carbonyl (C=O) groups excluding carboxylic acids is 1. The van der Waals surface area contributed by atoms with Gasteiger partial charge in [-0.2, -0.15) is 5.10 Å². The van der Waals surface area contributed by atoms with E-state index in [0.717, 1.165) is 50.5 Å². The Morgan fingerprint density at radius 2 is 2.17 bits per heavy atom. The van der Waals surface area contributed by atoms with Gasteiger partial charge in [-0.15, -0.1) is 0 Å². The lowest BCUT2D eigenvalue weighted by Crippen LogP contribution is -2.41. The second kappa shape index (κ2) is 8.60. The van der Waals surface area contributed by atoms with Gasteiger partial charge in [0.25, 0.3) is 0 Å². The van der Waals surface area contributed by atoms with E-state index in [1.807, 2.05) is 34.0 Å². The first-order valence-corrected chi connectivity index (χ1v) is 8.73. The molecule has 0 saturated carbocycles. The molecule has 7 nitrogen and oxygen atoms in total. The maximum atomic E-state index is 12.2. The summed E-state index contributed by atoms with van der Waals surface area (Å²) in [5.41, 5.74) is 0.894. The zero-order valence-corrected chi connectivity index (χ0v) is 15.3. The van der Waals surface area contributed by atoms with E-state index in [2.05, 4.69) is 20.2 Å². The number of aromatic nitrogens is 2. The Hall–Kier alpha value is -1.44. The fourth-order valence-electron chi connectivity index (χ4n) is 3.39. The van der Waals surface area contributed by atoms with Crippen LogP contribution in [0.4, 0.5) is 5.82 Å². The van der Waals surface area contributed by atoms with Crippen LogP contribution in [0.2, 0.25) is 0 Å². The first-order valence-electron chi connectivity index (χ1n) is 8.73.